The lowest BCUT2D eigenvalue weighted by molar-refractivity contribution is -0.119. The summed E-state index contributed by atoms with van der Waals surface area (Å²) in [5.41, 5.74) is 1.60. The van der Waals surface area contributed by atoms with E-state index in [2.05, 4.69) is 17.2 Å². The molecule has 2 aromatic carbocycles. The van der Waals surface area contributed by atoms with Crippen LogP contribution in [-0.2, 0) is 22.4 Å². The van der Waals surface area contributed by atoms with Crippen molar-refractivity contribution in [1.82, 2.24) is 5.32 Å². The molecular weight excluding hydrogens is 403 g/mol. The molecule has 1 aliphatic heterocycles. The Morgan fingerprint density at radius 1 is 1.36 bits per heavy atom. The molecule has 2 amide bonds. The maximum atomic E-state index is 13.9. The highest BCUT2D eigenvalue weighted by molar-refractivity contribution is 8.04. The standard InChI is InChI=1S/C20H18ClFN2O3S/c1-11-23-20(26)18(28-11)8-12-3-6-17(27-2)13(7-12)9-19(25)24-16-5-4-14(21)10-15(16)22/h3-7,10,18H,1,8-9H2,2H3,(H,23,26)(H,24,25). The Morgan fingerprint density at radius 2 is 2.14 bits per heavy atom. The number of rotatable bonds is 6. The summed E-state index contributed by atoms with van der Waals surface area (Å²) in [7, 11) is 1.51. The van der Waals surface area contributed by atoms with Gasteiger partial charge in [-0.3, -0.25) is 9.59 Å². The van der Waals surface area contributed by atoms with E-state index in [-0.39, 0.29) is 28.3 Å². The van der Waals surface area contributed by atoms with Gasteiger partial charge in [-0.15, -0.1) is 0 Å². The number of carbonyl (C=O) groups is 2. The Kier molecular flexibility index (Phi) is 6.26. The molecule has 1 aliphatic rings. The minimum absolute atomic E-state index is 0.00417. The van der Waals surface area contributed by atoms with Gasteiger partial charge in [-0.05, 0) is 36.2 Å². The number of thioether (sulfide) groups is 1. The van der Waals surface area contributed by atoms with Gasteiger partial charge in [0.15, 0.2) is 0 Å². The summed E-state index contributed by atoms with van der Waals surface area (Å²) in [6, 6.07) is 9.48. The lowest BCUT2D eigenvalue weighted by atomic mass is 10.0. The first kappa shape index (κ1) is 20.2. The highest BCUT2D eigenvalue weighted by atomic mass is 35.5. The van der Waals surface area contributed by atoms with Crippen LogP contribution in [0.3, 0.4) is 0 Å². The molecule has 0 saturated carbocycles. The summed E-state index contributed by atoms with van der Waals surface area (Å²) >= 11 is 7.11. The molecule has 28 heavy (non-hydrogen) atoms. The summed E-state index contributed by atoms with van der Waals surface area (Å²) in [5.74, 6) is -0.532. The number of benzene rings is 2. The first-order valence-electron chi connectivity index (χ1n) is 8.43. The number of carbonyl (C=O) groups excluding carboxylic acids is 2. The summed E-state index contributed by atoms with van der Waals surface area (Å²) in [6.07, 6.45) is 0.496. The molecular formula is C20H18ClFN2O3S. The van der Waals surface area contributed by atoms with Crippen molar-refractivity contribution < 1.29 is 18.7 Å². The Morgan fingerprint density at radius 3 is 2.79 bits per heavy atom. The molecule has 1 saturated heterocycles. The molecule has 1 unspecified atom stereocenters. The molecule has 0 spiro atoms. The number of amides is 2. The average molecular weight is 421 g/mol. The van der Waals surface area contributed by atoms with Gasteiger partial charge in [-0.2, -0.15) is 0 Å². The zero-order valence-corrected chi connectivity index (χ0v) is 16.6. The van der Waals surface area contributed by atoms with Crippen molar-refractivity contribution in [2.24, 2.45) is 0 Å². The van der Waals surface area contributed by atoms with Crippen molar-refractivity contribution in [3.05, 3.63) is 70.0 Å². The van der Waals surface area contributed by atoms with Gasteiger partial charge >= 0.3 is 0 Å². The first-order chi connectivity index (χ1) is 13.4. The minimum Gasteiger partial charge on any atom is -0.496 e. The van der Waals surface area contributed by atoms with E-state index < -0.39 is 11.7 Å². The monoisotopic (exact) mass is 420 g/mol. The molecule has 5 nitrogen and oxygen atoms in total. The molecule has 0 bridgehead atoms. The van der Waals surface area contributed by atoms with Crippen LogP contribution in [0.25, 0.3) is 0 Å². The molecule has 1 atom stereocenters. The Bertz CT molecular complexity index is 951. The van der Waals surface area contributed by atoms with E-state index in [9.17, 15) is 14.0 Å². The third-order valence-electron chi connectivity index (χ3n) is 4.16. The van der Waals surface area contributed by atoms with E-state index >= 15 is 0 Å². The predicted molar refractivity (Wildman–Crippen MR) is 109 cm³/mol. The first-order valence-corrected chi connectivity index (χ1v) is 9.68. The molecule has 1 heterocycles. The van der Waals surface area contributed by atoms with Gasteiger partial charge in [0.2, 0.25) is 11.8 Å². The van der Waals surface area contributed by atoms with Crippen molar-refractivity contribution in [1.29, 1.82) is 0 Å². The number of hydrogen-bond donors (Lipinski definition) is 2. The lowest BCUT2D eigenvalue weighted by Gasteiger charge is -2.13. The van der Waals surface area contributed by atoms with Crippen LogP contribution in [0, 0.1) is 5.82 Å². The van der Waals surface area contributed by atoms with E-state index in [1.165, 1.54) is 31.0 Å². The van der Waals surface area contributed by atoms with Gasteiger partial charge in [0.25, 0.3) is 0 Å². The zero-order valence-electron chi connectivity index (χ0n) is 15.1. The maximum Gasteiger partial charge on any atom is 0.238 e. The minimum atomic E-state index is -0.605. The number of methoxy groups -OCH3 is 1. The number of nitrogens with one attached hydrogen (secondary N) is 2. The Balaban J connectivity index is 1.73. The van der Waals surface area contributed by atoms with Crippen LogP contribution in [-0.4, -0.2) is 24.2 Å². The quantitative estimate of drug-likeness (QED) is 0.743. The van der Waals surface area contributed by atoms with Gasteiger partial charge < -0.3 is 15.4 Å². The van der Waals surface area contributed by atoms with Crippen molar-refractivity contribution in [3.63, 3.8) is 0 Å². The van der Waals surface area contributed by atoms with Crippen LogP contribution in [0.1, 0.15) is 11.1 Å². The van der Waals surface area contributed by atoms with Gasteiger partial charge in [0.05, 0.1) is 29.5 Å². The van der Waals surface area contributed by atoms with Crippen LogP contribution >= 0.6 is 23.4 Å². The molecule has 0 aromatic heterocycles. The van der Waals surface area contributed by atoms with Crippen molar-refractivity contribution in [3.8, 4) is 5.75 Å². The van der Waals surface area contributed by atoms with Crippen molar-refractivity contribution in [2.45, 2.75) is 18.1 Å². The summed E-state index contributed by atoms with van der Waals surface area (Å²) < 4.78 is 19.2. The fraction of sp³-hybridized carbons (Fsp3) is 0.200. The second-order valence-corrected chi connectivity index (χ2v) is 7.95. The number of hydrogen-bond acceptors (Lipinski definition) is 4. The SMILES string of the molecule is C=C1NC(=O)C(Cc2ccc(OC)c(CC(=O)Nc3ccc(Cl)cc3F)c2)S1. The van der Waals surface area contributed by atoms with E-state index in [4.69, 9.17) is 16.3 Å². The molecule has 3 rings (SSSR count). The van der Waals surface area contributed by atoms with Crippen LogP contribution in [0.4, 0.5) is 10.1 Å². The van der Waals surface area contributed by atoms with Gasteiger partial charge in [-0.25, -0.2) is 4.39 Å². The van der Waals surface area contributed by atoms with E-state index in [1.54, 1.807) is 6.07 Å². The normalized spacial score (nSPS) is 16.0. The average Bonchev–Trinajstić information content (AvgIpc) is 2.95. The van der Waals surface area contributed by atoms with E-state index in [1.807, 2.05) is 12.1 Å². The van der Waals surface area contributed by atoms with Crippen molar-refractivity contribution in [2.75, 3.05) is 12.4 Å². The molecule has 1 fully saturated rings. The molecule has 0 aliphatic carbocycles. The Labute approximate surface area is 171 Å². The van der Waals surface area contributed by atoms with Crippen LogP contribution < -0.4 is 15.4 Å². The predicted octanol–water partition coefficient (Wildman–Crippen LogP) is 3.91. The summed E-state index contributed by atoms with van der Waals surface area (Å²) in [5, 5.41) is 5.85. The van der Waals surface area contributed by atoms with E-state index in [0.29, 0.717) is 22.8 Å². The second kappa shape index (κ2) is 8.67. The van der Waals surface area contributed by atoms with E-state index in [0.717, 1.165) is 11.6 Å². The number of halogens is 2. The fourth-order valence-electron chi connectivity index (χ4n) is 2.88. The highest BCUT2D eigenvalue weighted by Crippen LogP contribution is 2.30. The number of anilines is 1. The summed E-state index contributed by atoms with van der Waals surface area (Å²) in [4.78, 5) is 24.3. The van der Waals surface area contributed by atoms with Crippen LogP contribution in [0.15, 0.2) is 48.0 Å². The third kappa shape index (κ3) is 4.85. The molecule has 146 valence electrons. The molecule has 2 N–H and O–H groups in total. The topological polar surface area (TPSA) is 67.4 Å². The summed E-state index contributed by atoms with van der Waals surface area (Å²) in [6.45, 7) is 3.75. The third-order valence-corrected chi connectivity index (χ3v) is 5.45. The van der Waals surface area contributed by atoms with Gasteiger partial charge in [-0.1, -0.05) is 42.1 Å². The molecule has 2 aromatic rings. The fourth-order valence-corrected chi connectivity index (χ4v) is 3.98. The van der Waals surface area contributed by atoms with Crippen LogP contribution in [0.5, 0.6) is 5.75 Å². The van der Waals surface area contributed by atoms with Gasteiger partial charge in [0.1, 0.15) is 11.6 Å². The Hall–Kier alpha value is -2.51. The maximum absolute atomic E-state index is 13.9. The highest BCUT2D eigenvalue weighted by Gasteiger charge is 2.28. The zero-order chi connectivity index (χ0) is 20.3. The lowest BCUT2D eigenvalue weighted by Crippen LogP contribution is -2.23. The van der Waals surface area contributed by atoms with Crippen molar-refractivity contribution >= 4 is 40.9 Å². The number of ether oxygens (including phenoxy) is 1. The van der Waals surface area contributed by atoms with Crippen LogP contribution in [0.2, 0.25) is 5.02 Å². The largest absolute Gasteiger partial charge is 0.496 e. The molecule has 8 heteroatoms. The smallest absolute Gasteiger partial charge is 0.238 e. The van der Waals surface area contributed by atoms with Gasteiger partial charge in [0, 0.05) is 10.6 Å². The second-order valence-electron chi connectivity index (χ2n) is 6.22. The molecule has 0 radical (unpaired) electrons.